The zero-order chi connectivity index (χ0) is 27.3. The number of carbonyl (C=O) groups excluding carboxylic acids is 2. The van der Waals surface area contributed by atoms with Crippen LogP contribution in [0.4, 0.5) is 0 Å². The fourth-order valence-corrected chi connectivity index (χ4v) is 4.51. The number of amides is 2. The Kier molecular flexibility index (Phi) is 18.2. The second-order valence-corrected chi connectivity index (χ2v) is 10.7. The van der Waals surface area contributed by atoms with Gasteiger partial charge in [0.05, 0.1) is 12.0 Å². The molecule has 0 saturated carbocycles. The van der Waals surface area contributed by atoms with E-state index in [1.54, 1.807) is 6.20 Å². The lowest BCUT2D eigenvalue weighted by molar-refractivity contribution is -0.142. The number of aromatic amines is 1. The molecule has 37 heavy (non-hydrogen) atoms. The molecule has 0 fully saturated rings. The van der Waals surface area contributed by atoms with Crippen LogP contribution in [0.15, 0.2) is 12.5 Å². The molecule has 1 heterocycles. The molecule has 0 saturated heterocycles. The monoisotopic (exact) mass is 520 g/mol. The number of rotatable bonds is 23. The van der Waals surface area contributed by atoms with Gasteiger partial charge in [0, 0.05) is 19.0 Å². The molecule has 0 aliphatic carbocycles. The van der Waals surface area contributed by atoms with Crippen molar-refractivity contribution in [3.8, 4) is 0 Å². The first-order valence-electron chi connectivity index (χ1n) is 14.6. The van der Waals surface area contributed by atoms with Gasteiger partial charge < -0.3 is 20.7 Å². The molecule has 2 atom stereocenters. The number of carbonyl (C=O) groups is 3. The number of carboxylic acids is 1. The number of aliphatic carboxylic acids is 1. The molecule has 8 heteroatoms. The van der Waals surface area contributed by atoms with Crippen LogP contribution < -0.4 is 10.6 Å². The molecule has 0 bridgehead atoms. The van der Waals surface area contributed by atoms with Crippen LogP contribution in [0, 0.1) is 5.92 Å². The van der Waals surface area contributed by atoms with Crippen LogP contribution in [-0.2, 0) is 20.8 Å². The molecule has 4 N–H and O–H groups in total. The van der Waals surface area contributed by atoms with Gasteiger partial charge in [0.2, 0.25) is 11.8 Å². The molecular formula is C29H52N4O4. The number of aromatic nitrogens is 2. The molecule has 0 aliphatic heterocycles. The molecule has 1 aromatic heterocycles. The Morgan fingerprint density at radius 2 is 1.35 bits per heavy atom. The van der Waals surface area contributed by atoms with Gasteiger partial charge in [-0.3, -0.25) is 9.59 Å². The molecule has 212 valence electrons. The average Bonchev–Trinajstić information content (AvgIpc) is 3.37. The van der Waals surface area contributed by atoms with Crippen LogP contribution in [0.5, 0.6) is 0 Å². The molecule has 2 amide bonds. The molecule has 1 aromatic rings. The topological polar surface area (TPSA) is 124 Å². The highest BCUT2D eigenvalue weighted by Crippen LogP contribution is 2.14. The fraction of sp³-hybridized carbons (Fsp3) is 0.793. The summed E-state index contributed by atoms with van der Waals surface area (Å²) in [5, 5.41) is 14.8. The summed E-state index contributed by atoms with van der Waals surface area (Å²) in [5.74, 6) is -1.95. The smallest absolute Gasteiger partial charge is 0.326 e. The van der Waals surface area contributed by atoms with E-state index in [9.17, 15) is 19.5 Å². The molecular weight excluding hydrogens is 468 g/mol. The quantitative estimate of drug-likeness (QED) is 0.133. The third kappa shape index (κ3) is 16.2. The number of hydrogen-bond acceptors (Lipinski definition) is 4. The lowest BCUT2D eigenvalue weighted by Crippen LogP contribution is -2.54. The molecule has 8 nitrogen and oxygen atoms in total. The third-order valence-corrected chi connectivity index (χ3v) is 6.86. The third-order valence-electron chi connectivity index (χ3n) is 6.86. The molecule has 0 aliphatic rings. The van der Waals surface area contributed by atoms with Crippen molar-refractivity contribution >= 4 is 17.8 Å². The maximum atomic E-state index is 12.8. The van der Waals surface area contributed by atoms with Gasteiger partial charge in [0.1, 0.15) is 12.1 Å². The molecule has 0 radical (unpaired) electrons. The number of nitrogens with one attached hydrogen (secondary N) is 3. The zero-order valence-corrected chi connectivity index (χ0v) is 23.5. The van der Waals surface area contributed by atoms with Gasteiger partial charge >= 0.3 is 5.97 Å². The summed E-state index contributed by atoms with van der Waals surface area (Å²) in [5.41, 5.74) is 0.547. The maximum absolute atomic E-state index is 12.8. The van der Waals surface area contributed by atoms with Gasteiger partial charge in [-0.25, -0.2) is 9.78 Å². The first kappa shape index (κ1) is 32.6. The van der Waals surface area contributed by atoms with Crippen LogP contribution in [0.1, 0.15) is 129 Å². The summed E-state index contributed by atoms with van der Waals surface area (Å²) in [6.07, 6.45) is 22.6. The van der Waals surface area contributed by atoms with Crippen molar-refractivity contribution in [1.82, 2.24) is 20.6 Å². The van der Waals surface area contributed by atoms with E-state index >= 15 is 0 Å². The van der Waals surface area contributed by atoms with Crippen molar-refractivity contribution in [3.63, 3.8) is 0 Å². The van der Waals surface area contributed by atoms with E-state index in [1.165, 1.54) is 83.4 Å². The lowest BCUT2D eigenvalue weighted by atomic mass is 10.0. The number of nitrogens with zero attached hydrogens (tertiary/aromatic N) is 1. The predicted octanol–water partition coefficient (Wildman–Crippen LogP) is 5.92. The molecule has 0 unspecified atom stereocenters. The second-order valence-electron chi connectivity index (χ2n) is 10.7. The number of unbranched alkanes of at least 4 members (excludes halogenated alkanes) is 14. The van der Waals surface area contributed by atoms with Gasteiger partial charge in [0.25, 0.3) is 0 Å². The maximum Gasteiger partial charge on any atom is 0.326 e. The summed E-state index contributed by atoms with van der Waals surface area (Å²) in [6.45, 7) is 5.93. The summed E-state index contributed by atoms with van der Waals surface area (Å²) in [6, 6.07) is -1.88. The van der Waals surface area contributed by atoms with E-state index in [1.807, 2.05) is 13.8 Å². The molecule has 0 aromatic carbocycles. The van der Waals surface area contributed by atoms with Crippen molar-refractivity contribution in [1.29, 1.82) is 0 Å². The Morgan fingerprint density at radius 3 is 1.78 bits per heavy atom. The van der Waals surface area contributed by atoms with E-state index in [4.69, 9.17) is 0 Å². The first-order chi connectivity index (χ1) is 17.8. The van der Waals surface area contributed by atoms with Crippen molar-refractivity contribution in [2.75, 3.05) is 0 Å². The van der Waals surface area contributed by atoms with Crippen molar-refractivity contribution < 1.29 is 19.5 Å². The van der Waals surface area contributed by atoms with Crippen LogP contribution in [0.3, 0.4) is 0 Å². The highest BCUT2D eigenvalue weighted by Gasteiger charge is 2.29. The normalized spacial score (nSPS) is 12.9. The van der Waals surface area contributed by atoms with E-state index < -0.39 is 24.0 Å². The van der Waals surface area contributed by atoms with Gasteiger partial charge in [-0.1, -0.05) is 111 Å². The minimum Gasteiger partial charge on any atom is -0.480 e. The summed E-state index contributed by atoms with van der Waals surface area (Å²) in [7, 11) is 0. The molecule has 0 spiro atoms. The minimum atomic E-state index is -1.14. The van der Waals surface area contributed by atoms with E-state index in [2.05, 4.69) is 27.5 Å². The van der Waals surface area contributed by atoms with Crippen LogP contribution in [0.25, 0.3) is 0 Å². The van der Waals surface area contributed by atoms with E-state index in [0.29, 0.717) is 12.1 Å². The highest BCUT2D eigenvalue weighted by atomic mass is 16.4. The summed E-state index contributed by atoms with van der Waals surface area (Å²) in [4.78, 5) is 43.6. The van der Waals surface area contributed by atoms with Crippen molar-refractivity contribution in [3.05, 3.63) is 18.2 Å². The fourth-order valence-electron chi connectivity index (χ4n) is 4.51. The zero-order valence-electron chi connectivity index (χ0n) is 23.5. The lowest BCUT2D eigenvalue weighted by Gasteiger charge is -2.24. The van der Waals surface area contributed by atoms with Crippen molar-refractivity contribution in [2.45, 2.75) is 142 Å². The highest BCUT2D eigenvalue weighted by molar-refractivity contribution is 5.90. The molecule has 1 rings (SSSR count). The minimum absolute atomic E-state index is 0.0719. The summed E-state index contributed by atoms with van der Waals surface area (Å²) < 4.78 is 0. The van der Waals surface area contributed by atoms with E-state index in [-0.39, 0.29) is 18.2 Å². The Hall–Kier alpha value is -2.38. The SMILES string of the molecule is CCCCCCCCCCCCCCCCCC(=O)N[C@H](C(=O)N[C@@H](Cc1c[nH]cn1)C(=O)O)C(C)C. The standard InChI is InChI=1S/C29H52N4O4/c1-4-5-6-7-8-9-10-11-12-13-14-15-16-17-18-19-26(34)33-27(23(2)3)28(35)32-25(29(36)37)20-24-21-30-22-31-24/h21-23,25,27H,4-20H2,1-3H3,(H,30,31)(H,32,35)(H,33,34)(H,36,37)/t25-,27-/m0/s1. The van der Waals surface area contributed by atoms with Crippen LogP contribution >= 0.6 is 0 Å². The Labute approximate surface area is 224 Å². The van der Waals surface area contributed by atoms with Gasteiger partial charge in [-0.05, 0) is 12.3 Å². The Balaban J connectivity index is 2.15. The Bertz CT molecular complexity index is 736. The average molecular weight is 521 g/mol. The first-order valence-corrected chi connectivity index (χ1v) is 14.6. The number of H-pyrrole nitrogens is 1. The predicted molar refractivity (Wildman–Crippen MR) is 148 cm³/mol. The van der Waals surface area contributed by atoms with Gasteiger partial charge in [-0.15, -0.1) is 0 Å². The second kappa shape index (κ2) is 20.7. The van der Waals surface area contributed by atoms with Gasteiger partial charge in [-0.2, -0.15) is 0 Å². The van der Waals surface area contributed by atoms with Crippen LogP contribution in [-0.4, -0.2) is 44.9 Å². The largest absolute Gasteiger partial charge is 0.480 e. The van der Waals surface area contributed by atoms with Gasteiger partial charge in [0.15, 0.2) is 0 Å². The van der Waals surface area contributed by atoms with Crippen LogP contribution in [0.2, 0.25) is 0 Å². The number of imidazole rings is 1. The van der Waals surface area contributed by atoms with Crippen molar-refractivity contribution in [2.24, 2.45) is 5.92 Å². The number of hydrogen-bond donors (Lipinski definition) is 4. The number of carboxylic acid groups (broad SMARTS) is 1. The summed E-state index contributed by atoms with van der Waals surface area (Å²) >= 11 is 0. The van der Waals surface area contributed by atoms with E-state index in [0.717, 1.165) is 19.3 Å². The Morgan fingerprint density at radius 1 is 0.838 bits per heavy atom.